The van der Waals surface area contributed by atoms with Crippen LogP contribution in [-0.2, 0) is 9.47 Å². The van der Waals surface area contributed by atoms with Crippen LogP contribution in [0.15, 0.2) is 0 Å². The largest absolute Gasteiger partial charge is 0.384 e. The number of hydrogen-bond acceptors (Lipinski definition) is 2. The van der Waals surface area contributed by atoms with Gasteiger partial charge in [-0.2, -0.15) is 0 Å². The van der Waals surface area contributed by atoms with E-state index in [0.29, 0.717) is 59.6 Å². The van der Waals surface area contributed by atoms with E-state index >= 15 is 0 Å². The van der Waals surface area contributed by atoms with Crippen molar-refractivity contribution in [3.05, 3.63) is 0 Å². The van der Waals surface area contributed by atoms with Crippen molar-refractivity contribution in [1.29, 1.82) is 0 Å². The summed E-state index contributed by atoms with van der Waals surface area (Å²) in [7, 11) is 12.0. The van der Waals surface area contributed by atoms with Gasteiger partial charge in [-0.15, -0.1) is 0 Å². The molecular weight excluding hydrogens is 342 g/mol. The minimum Gasteiger partial charge on any atom is -0.384 e. The van der Waals surface area contributed by atoms with E-state index < -0.39 is 0 Å². The summed E-state index contributed by atoms with van der Waals surface area (Å²) in [6, 6.07) is -0.0973. The minimum absolute atomic E-state index is 0.0475. The molecule has 2 fully saturated rings. The third kappa shape index (κ3) is 7.08. The highest BCUT2D eigenvalue weighted by molar-refractivity contribution is 6.11. The molecule has 2 saturated heterocycles. The average molecular weight is 388 g/mol. The Morgan fingerprint density at radius 1 is 0.607 bits per heavy atom. The molecular formula is C24H46B2O2. The summed E-state index contributed by atoms with van der Waals surface area (Å²) in [6.07, 6.45) is 3.02. The molecule has 0 aromatic carbocycles. The molecule has 0 aliphatic carbocycles. The van der Waals surface area contributed by atoms with E-state index in [1.807, 2.05) is 0 Å². The zero-order valence-corrected chi connectivity index (χ0v) is 20.3. The number of hydrogen-bond donors (Lipinski definition) is 0. The highest BCUT2D eigenvalue weighted by atomic mass is 16.5. The van der Waals surface area contributed by atoms with Crippen molar-refractivity contribution in [3.8, 4) is 0 Å². The van der Waals surface area contributed by atoms with Crippen molar-refractivity contribution >= 4 is 15.7 Å². The Hall–Kier alpha value is 0.0499. The molecule has 0 saturated carbocycles. The molecule has 8 atom stereocenters. The molecule has 0 unspecified atom stereocenters. The first-order valence-electron chi connectivity index (χ1n) is 11.7. The first-order chi connectivity index (χ1) is 12.9. The van der Waals surface area contributed by atoms with Crippen LogP contribution < -0.4 is 0 Å². The van der Waals surface area contributed by atoms with Crippen LogP contribution in [0.25, 0.3) is 0 Å². The maximum absolute atomic E-state index is 6.01. The number of rotatable bonds is 6. The lowest BCUT2D eigenvalue weighted by atomic mass is 9.73. The lowest BCUT2D eigenvalue weighted by Crippen LogP contribution is -2.26. The Morgan fingerprint density at radius 3 is 1.43 bits per heavy atom. The summed E-state index contributed by atoms with van der Waals surface area (Å²) in [4.78, 5) is 0. The first kappa shape index (κ1) is 26.1. The maximum atomic E-state index is 6.01. The topological polar surface area (TPSA) is 18.5 Å². The summed E-state index contributed by atoms with van der Waals surface area (Å²) in [6.45, 7) is 22.5. The zero-order valence-electron chi connectivity index (χ0n) is 20.3. The van der Waals surface area contributed by atoms with Gasteiger partial charge in [-0.3, -0.25) is 0 Å². The predicted octanol–water partition coefficient (Wildman–Crippen LogP) is 5.67. The summed E-state index contributed by atoms with van der Waals surface area (Å²) in [5.74, 6) is 4.94. The molecule has 4 radical (unpaired) electrons. The predicted molar refractivity (Wildman–Crippen MR) is 123 cm³/mol. The standard InChI is InChI=1S/2C12H23BO/c1-7(2)6-10-11(8(3)4)9(5)12(13)14-10;1-7(2)6-10-9(5)11(8(3)4)12(13)14-10/h2*7-12H,6H2,1-5H3/t9-,10-,11+,12-;9-,10-,11-,12-/m11/s1. The highest BCUT2D eigenvalue weighted by Gasteiger charge is 2.41. The molecule has 0 N–H and O–H groups in total. The van der Waals surface area contributed by atoms with Gasteiger partial charge in [-0.05, 0) is 60.2 Å². The van der Waals surface area contributed by atoms with Gasteiger partial charge in [0.2, 0.25) is 0 Å². The Balaban J connectivity index is 0.000000280. The van der Waals surface area contributed by atoms with E-state index in [0.717, 1.165) is 12.8 Å². The minimum atomic E-state index is -0.0499. The summed E-state index contributed by atoms with van der Waals surface area (Å²) in [5.41, 5.74) is 0. The van der Waals surface area contributed by atoms with Crippen LogP contribution in [0.5, 0.6) is 0 Å². The molecule has 2 heterocycles. The molecule has 2 nitrogen and oxygen atoms in total. The van der Waals surface area contributed by atoms with Gasteiger partial charge in [0.1, 0.15) is 15.7 Å². The number of ether oxygens (including phenoxy) is 2. The van der Waals surface area contributed by atoms with Crippen molar-refractivity contribution in [2.75, 3.05) is 0 Å². The van der Waals surface area contributed by atoms with E-state index in [2.05, 4.69) is 69.2 Å². The third-order valence-electron chi connectivity index (χ3n) is 6.74. The Labute approximate surface area is 179 Å². The van der Waals surface area contributed by atoms with Crippen molar-refractivity contribution in [3.63, 3.8) is 0 Å². The average Bonchev–Trinajstić information content (AvgIpc) is 2.95. The molecule has 2 aliphatic heterocycles. The molecule has 28 heavy (non-hydrogen) atoms. The van der Waals surface area contributed by atoms with Gasteiger partial charge >= 0.3 is 0 Å². The van der Waals surface area contributed by atoms with Gasteiger partial charge in [-0.1, -0.05) is 69.2 Å². The molecule has 0 aromatic heterocycles. The van der Waals surface area contributed by atoms with Crippen molar-refractivity contribution in [2.45, 2.75) is 106 Å². The monoisotopic (exact) mass is 388 g/mol. The molecule has 4 heteroatoms. The lowest BCUT2D eigenvalue weighted by molar-refractivity contribution is 0.0471. The maximum Gasteiger partial charge on any atom is 0.109 e. The summed E-state index contributed by atoms with van der Waals surface area (Å²) in [5, 5.41) is 0. The Bertz CT molecular complexity index is 436. The van der Waals surface area contributed by atoms with E-state index in [1.54, 1.807) is 0 Å². The van der Waals surface area contributed by atoms with E-state index in [1.165, 1.54) is 0 Å². The van der Waals surface area contributed by atoms with Crippen molar-refractivity contribution in [2.24, 2.45) is 47.3 Å². The normalized spacial score (nSPS) is 38.5. The fourth-order valence-electron chi connectivity index (χ4n) is 5.37. The molecule has 160 valence electrons. The van der Waals surface area contributed by atoms with Crippen LogP contribution in [0.2, 0.25) is 0 Å². The second-order valence-electron chi connectivity index (χ2n) is 10.9. The van der Waals surface area contributed by atoms with Gasteiger partial charge in [0.15, 0.2) is 0 Å². The van der Waals surface area contributed by atoms with E-state index in [-0.39, 0.29) is 12.0 Å². The van der Waals surface area contributed by atoms with Gasteiger partial charge in [-0.25, -0.2) is 0 Å². The van der Waals surface area contributed by atoms with Crippen LogP contribution in [-0.4, -0.2) is 39.9 Å². The second kappa shape index (κ2) is 11.4. The fourth-order valence-corrected chi connectivity index (χ4v) is 5.37. The summed E-state index contributed by atoms with van der Waals surface area (Å²) >= 11 is 0. The molecule has 2 rings (SSSR count). The van der Waals surface area contributed by atoms with Gasteiger partial charge in [0.05, 0.1) is 12.2 Å². The molecule has 0 bridgehead atoms. The molecule has 0 spiro atoms. The molecule has 0 aromatic rings. The second-order valence-corrected chi connectivity index (χ2v) is 10.9. The van der Waals surface area contributed by atoms with E-state index in [9.17, 15) is 0 Å². The van der Waals surface area contributed by atoms with Crippen LogP contribution >= 0.6 is 0 Å². The fraction of sp³-hybridized carbons (Fsp3) is 1.00. The highest BCUT2D eigenvalue weighted by Crippen LogP contribution is 2.39. The van der Waals surface area contributed by atoms with Gasteiger partial charge in [0, 0.05) is 12.0 Å². The molecule has 0 amide bonds. The van der Waals surface area contributed by atoms with Crippen molar-refractivity contribution in [1.82, 2.24) is 0 Å². The zero-order chi connectivity index (χ0) is 21.8. The van der Waals surface area contributed by atoms with Crippen LogP contribution in [0.4, 0.5) is 0 Å². The third-order valence-corrected chi connectivity index (χ3v) is 6.74. The quantitative estimate of drug-likeness (QED) is 0.546. The van der Waals surface area contributed by atoms with Crippen molar-refractivity contribution < 1.29 is 9.47 Å². The van der Waals surface area contributed by atoms with Crippen LogP contribution in [0, 0.1) is 47.3 Å². The Kier molecular flexibility index (Phi) is 10.7. The van der Waals surface area contributed by atoms with Crippen LogP contribution in [0.3, 0.4) is 0 Å². The summed E-state index contributed by atoms with van der Waals surface area (Å²) < 4.78 is 11.7. The molecule has 2 aliphatic rings. The van der Waals surface area contributed by atoms with Crippen LogP contribution in [0.1, 0.15) is 82.1 Å². The van der Waals surface area contributed by atoms with E-state index in [4.69, 9.17) is 25.2 Å². The SMILES string of the molecule is [B][C@@H]1O[C@H](CC(C)C)[C@@H](C(C)C)[C@H]1C.[B][C@@H]1O[C@H](CC(C)C)[C@@H](C)[C@H]1C(C)C. The van der Waals surface area contributed by atoms with Gasteiger partial charge in [0.25, 0.3) is 0 Å². The Morgan fingerprint density at radius 2 is 1.04 bits per heavy atom. The smallest absolute Gasteiger partial charge is 0.109 e. The van der Waals surface area contributed by atoms with Gasteiger partial charge < -0.3 is 9.47 Å². The lowest BCUT2D eigenvalue weighted by Gasteiger charge is -2.26. The first-order valence-corrected chi connectivity index (χ1v) is 11.7.